The van der Waals surface area contributed by atoms with Gasteiger partial charge in [-0.05, 0) is 59.2 Å². The minimum atomic E-state index is 0.136. The fourth-order valence-electron chi connectivity index (χ4n) is 4.12. The van der Waals surface area contributed by atoms with Crippen LogP contribution in [0.25, 0.3) is 0 Å². The second kappa shape index (κ2) is 6.27. The molecule has 2 N–H and O–H groups in total. The highest BCUT2D eigenvalue weighted by molar-refractivity contribution is 5.56. The molecule has 0 aromatic heterocycles. The van der Waals surface area contributed by atoms with Gasteiger partial charge in [0.05, 0.1) is 14.2 Å². The van der Waals surface area contributed by atoms with Crippen LogP contribution in [-0.4, -0.2) is 24.4 Å². The van der Waals surface area contributed by atoms with Gasteiger partial charge in [0.2, 0.25) is 0 Å². The molecule has 4 heteroatoms. The van der Waals surface area contributed by atoms with Crippen LogP contribution in [0.5, 0.6) is 23.0 Å². The van der Waals surface area contributed by atoms with Crippen molar-refractivity contribution in [1.29, 1.82) is 0 Å². The Hall–Kier alpha value is -2.36. The SMILES string of the molecule is CC[C@@H]1c2cc(OC)c(O)cc2[C@@H](c2ccc(O)c(OC)c2)[C@@H]1C. The molecule has 2 aromatic rings. The van der Waals surface area contributed by atoms with E-state index in [2.05, 4.69) is 13.8 Å². The number of phenolic OH excluding ortho intramolecular Hbond substituents is 2. The summed E-state index contributed by atoms with van der Waals surface area (Å²) < 4.78 is 10.6. The van der Waals surface area contributed by atoms with E-state index in [9.17, 15) is 10.2 Å². The zero-order valence-corrected chi connectivity index (χ0v) is 14.5. The first-order chi connectivity index (χ1) is 11.5. The van der Waals surface area contributed by atoms with Gasteiger partial charge in [-0.1, -0.05) is 19.9 Å². The Morgan fingerprint density at radius 3 is 2.21 bits per heavy atom. The Bertz CT molecular complexity index is 754. The number of hydrogen-bond donors (Lipinski definition) is 2. The molecular weight excluding hydrogens is 304 g/mol. The van der Waals surface area contributed by atoms with Crippen LogP contribution in [0.1, 0.15) is 48.8 Å². The molecule has 0 amide bonds. The normalized spacial score (nSPS) is 22.2. The van der Waals surface area contributed by atoms with E-state index in [4.69, 9.17) is 9.47 Å². The van der Waals surface area contributed by atoms with Gasteiger partial charge in [0.25, 0.3) is 0 Å². The van der Waals surface area contributed by atoms with E-state index in [1.54, 1.807) is 20.3 Å². The van der Waals surface area contributed by atoms with Gasteiger partial charge in [0.1, 0.15) is 0 Å². The standard InChI is InChI=1S/C20H24O4/c1-5-13-11(2)20(12-6-7-16(21)18(8-12)23-3)15-9-17(22)19(24-4)10-14(13)15/h6-11,13,20-22H,5H2,1-4H3/t11-,13+,20-/m1/s1. The zero-order chi connectivity index (χ0) is 17.4. The van der Waals surface area contributed by atoms with Crippen molar-refractivity contribution in [3.8, 4) is 23.0 Å². The topological polar surface area (TPSA) is 58.9 Å². The maximum Gasteiger partial charge on any atom is 0.160 e. The van der Waals surface area contributed by atoms with Gasteiger partial charge in [-0.3, -0.25) is 0 Å². The maximum atomic E-state index is 10.2. The van der Waals surface area contributed by atoms with E-state index in [-0.39, 0.29) is 17.4 Å². The van der Waals surface area contributed by atoms with Crippen molar-refractivity contribution < 1.29 is 19.7 Å². The lowest BCUT2D eigenvalue weighted by Crippen LogP contribution is -2.09. The van der Waals surface area contributed by atoms with Crippen molar-refractivity contribution >= 4 is 0 Å². The Balaban J connectivity index is 2.15. The number of benzene rings is 2. The molecular formula is C20H24O4. The number of phenols is 2. The highest BCUT2D eigenvalue weighted by Gasteiger charge is 2.39. The Kier molecular flexibility index (Phi) is 4.31. The molecule has 0 unspecified atom stereocenters. The van der Waals surface area contributed by atoms with E-state index in [1.807, 2.05) is 24.3 Å². The zero-order valence-electron chi connectivity index (χ0n) is 14.5. The third kappa shape index (κ3) is 2.46. The summed E-state index contributed by atoms with van der Waals surface area (Å²) in [5.74, 6) is 2.22. The minimum Gasteiger partial charge on any atom is -0.504 e. The summed E-state index contributed by atoms with van der Waals surface area (Å²) in [4.78, 5) is 0. The van der Waals surface area contributed by atoms with Crippen LogP contribution >= 0.6 is 0 Å². The molecule has 3 atom stereocenters. The van der Waals surface area contributed by atoms with Gasteiger partial charge in [0.15, 0.2) is 23.0 Å². The molecule has 0 fully saturated rings. The highest BCUT2D eigenvalue weighted by atomic mass is 16.5. The van der Waals surface area contributed by atoms with Crippen LogP contribution in [0.4, 0.5) is 0 Å². The van der Waals surface area contributed by atoms with Gasteiger partial charge in [0, 0.05) is 5.92 Å². The molecule has 2 aromatic carbocycles. The summed E-state index contributed by atoms with van der Waals surface area (Å²) >= 11 is 0. The molecule has 0 radical (unpaired) electrons. The van der Waals surface area contributed by atoms with Crippen LogP contribution in [0.15, 0.2) is 30.3 Å². The van der Waals surface area contributed by atoms with Crippen LogP contribution in [0.2, 0.25) is 0 Å². The Morgan fingerprint density at radius 2 is 1.58 bits per heavy atom. The number of fused-ring (bicyclic) bond motifs is 1. The number of rotatable bonds is 4. The maximum absolute atomic E-state index is 10.2. The number of methoxy groups -OCH3 is 2. The fraction of sp³-hybridized carbons (Fsp3) is 0.400. The summed E-state index contributed by atoms with van der Waals surface area (Å²) in [6.07, 6.45) is 1.02. The third-order valence-electron chi connectivity index (χ3n) is 5.28. The second-order valence-corrected chi connectivity index (χ2v) is 6.44. The lowest BCUT2D eigenvalue weighted by Gasteiger charge is -2.21. The first kappa shape index (κ1) is 16.5. The second-order valence-electron chi connectivity index (χ2n) is 6.44. The highest BCUT2D eigenvalue weighted by Crippen LogP contribution is 2.53. The molecule has 4 nitrogen and oxygen atoms in total. The van der Waals surface area contributed by atoms with Crippen molar-refractivity contribution in [1.82, 2.24) is 0 Å². The molecule has 128 valence electrons. The quantitative estimate of drug-likeness (QED) is 0.874. The summed E-state index contributed by atoms with van der Waals surface area (Å²) in [7, 11) is 3.12. The Labute approximate surface area is 142 Å². The molecule has 1 aliphatic carbocycles. The monoisotopic (exact) mass is 328 g/mol. The third-order valence-corrected chi connectivity index (χ3v) is 5.28. The molecule has 0 spiro atoms. The van der Waals surface area contributed by atoms with Crippen LogP contribution in [0.3, 0.4) is 0 Å². The van der Waals surface area contributed by atoms with E-state index < -0.39 is 0 Å². The van der Waals surface area contributed by atoms with Crippen molar-refractivity contribution in [2.24, 2.45) is 5.92 Å². The Morgan fingerprint density at radius 1 is 0.917 bits per heavy atom. The van der Waals surface area contributed by atoms with Gasteiger partial charge in [-0.15, -0.1) is 0 Å². The first-order valence-electron chi connectivity index (χ1n) is 8.29. The smallest absolute Gasteiger partial charge is 0.160 e. The number of ether oxygens (including phenoxy) is 2. The summed E-state index contributed by atoms with van der Waals surface area (Å²) in [5.41, 5.74) is 3.44. The number of aromatic hydroxyl groups is 2. The van der Waals surface area contributed by atoms with Gasteiger partial charge < -0.3 is 19.7 Å². The van der Waals surface area contributed by atoms with Crippen molar-refractivity contribution in [2.75, 3.05) is 14.2 Å². The minimum absolute atomic E-state index is 0.136. The van der Waals surface area contributed by atoms with Crippen molar-refractivity contribution in [3.05, 3.63) is 47.0 Å². The molecule has 0 heterocycles. The predicted molar refractivity (Wildman–Crippen MR) is 93.4 cm³/mol. The predicted octanol–water partition coefficient (Wildman–Crippen LogP) is 4.39. The summed E-state index contributed by atoms with van der Waals surface area (Å²) in [5, 5.41) is 20.1. The van der Waals surface area contributed by atoms with E-state index in [0.717, 1.165) is 17.5 Å². The molecule has 0 saturated carbocycles. The van der Waals surface area contributed by atoms with Crippen molar-refractivity contribution in [2.45, 2.75) is 32.1 Å². The molecule has 24 heavy (non-hydrogen) atoms. The van der Waals surface area contributed by atoms with Crippen LogP contribution in [0, 0.1) is 5.92 Å². The van der Waals surface area contributed by atoms with Gasteiger partial charge in [-0.25, -0.2) is 0 Å². The van der Waals surface area contributed by atoms with Crippen LogP contribution in [-0.2, 0) is 0 Å². The van der Waals surface area contributed by atoms with Gasteiger partial charge in [-0.2, -0.15) is 0 Å². The largest absolute Gasteiger partial charge is 0.504 e. The molecule has 0 saturated heterocycles. The first-order valence-corrected chi connectivity index (χ1v) is 8.29. The summed E-state index contributed by atoms with van der Waals surface area (Å²) in [6.45, 7) is 4.42. The number of hydrogen-bond acceptors (Lipinski definition) is 4. The van der Waals surface area contributed by atoms with Gasteiger partial charge >= 0.3 is 0 Å². The molecule has 0 bridgehead atoms. The summed E-state index contributed by atoms with van der Waals surface area (Å²) in [6, 6.07) is 9.28. The molecule has 3 rings (SSSR count). The molecule has 1 aliphatic rings. The average Bonchev–Trinajstić information content (AvgIpc) is 2.85. The van der Waals surface area contributed by atoms with E-state index >= 15 is 0 Å². The van der Waals surface area contributed by atoms with E-state index in [0.29, 0.717) is 23.3 Å². The lowest BCUT2D eigenvalue weighted by molar-refractivity contribution is 0.371. The molecule has 0 aliphatic heterocycles. The van der Waals surface area contributed by atoms with Crippen molar-refractivity contribution in [3.63, 3.8) is 0 Å². The lowest BCUT2D eigenvalue weighted by atomic mass is 9.83. The fourth-order valence-corrected chi connectivity index (χ4v) is 4.12. The van der Waals surface area contributed by atoms with Crippen LogP contribution < -0.4 is 9.47 Å². The van der Waals surface area contributed by atoms with E-state index in [1.165, 1.54) is 5.56 Å². The average molecular weight is 328 g/mol.